The molecule has 0 aliphatic carbocycles. The van der Waals surface area contributed by atoms with Gasteiger partial charge in [-0.2, -0.15) is 0 Å². The molecule has 0 unspecified atom stereocenters. The number of rotatable bonds is 4. The van der Waals surface area contributed by atoms with Gasteiger partial charge >= 0.3 is 0 Å². The number of sulfone groups is 1. The summed E-state index contributed by atoms with van der Waals surface area (Å²) >= 11 is 0. The van der Waals surface area contributed by atoms with Crippen molar-refractivity contribution in [2.45, 2.75) is 6.92 Å². The highest BCUT2D eigenvalue weighted by Gasteiger charge is 2.10. The van der Waals surface area contributed by atoms with Crippen LogP contribution in [0.5, 0.6) is 0 Å². The lowest BCUT2D eigenvalue weighted by Gasteiger charge is -2.07. The van der Waals surface area contributed by atoms with E-state index in [0.29, 0.717) is 5.56 Å². The minimum Gasteiger partial charge on any atom is -0.349 e. The van der Waals surface area contributed by atoms with Crippen molar-refractivity contribution in [1.29, 1.82) is 0 Å². The lowest BCUT2D eigenvalue weighted by Crippen LogP contribution is -2.24. The maximum absolute atomic E-state index is 12.2. The second-order valence-corrected chi connectivity index (χ2v) is 6.67. The van der Waals surface area contributed by atoms with Gasteiger partial charge in [0.2, 0.25) is 0 Å². The van der Waals surface area contributed by atoms with E-state index in [2.05, 4.69) is 10.3 Å². The first-order valence-corrected chi connectivity index (χ1v) is 8.33. The highest BCUT2D eigenvalue weighted by molar-refractivity contribution is 7.93. The normalized spacial score (nSPS) is 11.9. The van der Waals surface area contributed by atoms with Crippen molar-refractivity contribution in [3.05, 3.63) is 53.1 Å². The Morgan fingerprint density at radius 3 is 2.76 bits per heavy atom. The number of pyridine rings is 1. The van der Waals surface area contributed by atoms with Gasteiger partial charge < -0.3 is 5.32 Å². The monoisotopic (exact) mass is 304 g/mol. The summed E-state index contributed by atoms with van der Waals surface area (Å²) in [5.41, 5.74) is 2.05. The van der Waals surface area contributed by atoms with Crippen molar-refractivity contribution in [3.63, 3.8) is 0 Å². The predicted octanol–water partition coefficient (Wildman–Crippen LogP) is 1.83. The summed E-state index contributed by atoms with van der Waals surface area (Å²) in [7, 11) is -3.17. The van der Waals surface area contributed by atoms with Crippen LogP contribution in [0.1, 0.15) is 16.1 Å². The molecule has 6 heteroatoms. The largest absolute Gasteiger partial charge is 0.349 e. The van der Waals surface area contributed by atoms with Crippen molar-refractivity contribution in [2.24, 2.45) is 0 Å². The molecule has 2 aromatic rings. The number of benzene rings is 1. The van der Waals surface area contributed by atoms with E-state index >= 15 is 0 Å². The summed E-state index contributed by atoms with van der Waals surface area (Å²) in [5, 5.41) is 4.52. The molecule has 1 aromatic heterocycles. The molecule has 21 heavy (non-hydrogen) atoms. The number of aromatic nitrogens is 1. The Morgan fingerprint density at radius 2 is 2.05 bits per heavy atom. The lowest BCUT2D eigenvalue weighted by atomic mass is 10.1. The molecule has 0 aliphatic heterocycles. The Hall–Kier alpha value is -2.21. The van der Waals surface area contributed by atoms with Gasteiger partial charge in [0.05, 0.1) is 11.1 Å². The SMILES string of the molecule is Cc1cc(C(=O)NC/C=C/S(C)(=O)=O)c2ccccc2n1. The van der Waals surface area contributed by atoms with E-state index in [9.17, 15) is 13.2 Å². The summed E-state index contributed by atoms with van der Waals surface area (Å²) in [6.07, 6.45) is 2.51. The van der Waals surface area contributed by atoms with E-state index in [4.69, 9.17) is 0 Å². The molecule has 5 nitrogen and oxygen atoms in total. The van der Waals surface area contributed by atoms with Crippen LogP contribution in [0, 0.1) is 6.92 Å². The molecule has 1 heterocycles. The smallest absolute Gasteiger partial charge is 0.252 e. The fraction of sp³-hybridized carbons (Fsp3) is 0.200. The van der Waals surface area contributed by atoms with Crippen LogP contribution in [0.25, 0.3) is 10.9 Å². The predicted molar refractivity (Wildman–Crippen MR) is 82.8 cm³/mol. The summed E-state index contributed by atoms with van der Waals surface area (Å²) in [5.74, 6) is -0.255. The quantitative estimate of drug-likeness (QED) is 0.935. The van der Waals surface area contributed by atoms with Crippen LogP contribution < -0.4 is 5.32 Å². The summed E-state index contributed by atoms with van der Waals surface area (Å²) in [4.78, 5) is 16.6. The second kappa shape index (κ2) is 6.05. The molecule has 1 N–H and O–H groups in total. The van der Waals surface area contributed by atoms with Gasteiger partial charge in [-0.15, -0.1) is 0 Å². The van der Waals surface area contributed by atoms with E-state index in [1.54, 1.807) is 6.07 Å². The summed E-state index contributed by atoms with van der Waals surface area (Å²) in [6.45, 7) is 1.98. The van der Waals surface area contributed by atoms with Crippen LogP contribution in [-0.2, 0) is 9.84 Å². The van der Waals surface area contributed by atoms with Crippen LogP contribution in [0.15, 0.2) is 41.8 Å². The first-order chi connectivity index (χ1) is 9.87. The third-order valence-corrected chi connectivity index (χ3v) is 3.50. The first kappa shape index (κ1) is 15.2. The lowest BCUT2D eigenvalue weighted by molar-refractivity contribution is 0.0959. The van der Waals surface area contributed by atoms with Crippen molar-refractivity contribution in [2.75, 3.05) is 12.8 Å². The molecule has 0 saturated carbocycles. The maximum Gasteiger partial charge on any atom is 0.252 e. The highest BCUT2D eigenvalue weighted by Crippen LogP contribution is 2.17. The van der Waals surface area contributed by atoms with Gasteiger partial charge in [0.1, 0.15) is 0 Å². The van der Waals surface area contributed by atoms with E-state index in [1.807, 2.05) is 31.2 Å². The molecule has 1 amide bonds. The fourth-order valence-electron chi connectivity index (χ4n) is 1.97. The Kier molecular flexibility index (Phi) is 4.37. The van der Waals surface area contributed by atoms with Crippen molar-refractivity contribution in [3.8, 4) is 0 Å². The van der Waals surface area contributed by atoms with E-state index in [0.717, 1.165) is 28.3 Å². The summed E-state index contributed by atoms with van der Waals surface area (Å²) in [6, 6.07) is 9.12. The van der Waals surface area contributed by atoms with Crippen molar-refractivity contribution < 1.29 is 13.2 Å². The Labute approximate surface area is 123 Å². The number of para-hydroxylation sites is 1. The van der Waals surface area contributed by atoms with Gasteiger partial charge in [0, 0.05) is 29.3 Å². The zero-order valence-corrected chi connectivity index (χ0v) is 12.6. The average Bonchev–Trinajstić information content (AvgIpc) is 2.41. The fourth-order valence-corrected chi connectivity index (χ4v) is 2.41. The molecule has 0 spiro atoms. The maximum atomic E-state index is 12.2. The van der Waals surface area contributed by atoms with Crippen LogP contribution in [0.3, 0.4) is 0 Å². The number of nitrogens with zero attached hydrogens (tertiary/aromatic N) is 1. The number of fused-ring (bicyclic) bond motifs is 1. The van der Waals surface area contributed by atoms with Gasteiger partial charge in [-0.25, -0.2) is 8.42 Å². The second-order valence-electron chi connectivity index (χ2n) is 4.74. The van der Waals surface area contributed by atoms with E-state index in [1.165, 1.54) is 6.08 Å². The standard InChI is InChI=1S/C15H16N2O3S/c1-11-10-13(12-6-3-4-7-14(12)17-11)15(18)16-8-5-9-21(2,19)20/h3-7,9-10H,8H2,1-2H3,(H,16,18)/b9-5+. The van der Waals surface area contributed by atoms with Crippen LogP contribution in [0.4, 0.5) is 0 Å². The number of hydrogen-bond acceptors (Lipinski definition) is 4. The number of amides is 1. The van der Waals surface area contributed by atoms with Crippen LogP contribution in [0.2, 0.25) is 0 Å². The zero-order chi connectivity index (χ0) is 15.5. The number of carbonyl (C=O) groups excluding carboxylic acids is 1. The molecule has 0 saturated heterocycles. The number of aryl methyl sites for hydroxylation is 1. The Balaban J connectivity index is 2.22. The van der Waals surface area contributed by atoms with Crippen LogP contribution >= 0.6 is 0 Å². The van der Waals surface area contributed by atoms with Crippen molar-refractivity contribution in [1.82, 2.24) is 10.3 Å². The van der Waals surface area contributed by atoms with E-state index < -0.39 is 9.84 Å². The highest BCUT2D eigenvalue weighted by atomic mass is 32.2. The van der Waals surface area contributed by atoms with Gasteiger partial charge in [0.15, 0.2) is 9.84 Å². The van der Waals surface area contributed by atoms with E-state index in [-0.39, 0.29) is 12.5 Å². The number of hydrogen-bond donors (Lipinski definition) is 1. The van der Waals surface area contributed by atoms with Gasteiger partial charge in [-0.05, 0) is 19.1 Å². The minimum absolute atomic E-state index is 0.154. The molecule has 0 atom stereocenters. The molecule has 0 aliphatic rings. The molecule has 0 radical (unpaired) electrons. The van der Waals surface area contributed by atoms with Crippen LogP contribution in [-0.4, -0.2) is 32.1 Å². The molecule has 0 bridgehead atoms. The topological polar surface area (TPSA) is 76.1 Å². The van der Waals surface area contributed by atoms with Gasteiger partial charge in [0.25, 0.3) is 5.91 Å². The third kappa shape index (κ3) is 4.13. The van der Waals surface area contributed by atoms with Gasteiger partial charge in [-0.1, -0.05) is 24.3 Å². The summed E-state index contributed by atoms with van der Waals surface area (Å²) < 4.78 is 21.9. The zero-order valence-electron chi connectivity index (χ0n) is 11.8. The average molecular weight is 304 g/mol. The first-order valence-electron chi connectivity index (χ1n) is 6.38. The van der Waals surface area contributed by atoms with Crippen molar-refractivity contribution >= 4 is 26.6 Å². The molecule has 1 aromatic carbocycles. The molecular formula is C15H16N2O3S. The number of nitrogens with one attached hydrogen (secondary N) is 1. The molecule has 0 fully saturated rings. The Morgan fingerprint density at radius 1 is 1.33 bits per heavy atom. The number of carbonyl (C=O) groups is 1. The Bertz CT molecular complexity index is 811. The third-order valence-electron chi connectivity index (χ3n) is 2.81. The molecule has 2 rings (SSSR count). The van der Waals surface area contributed by atoms with Gasteiger partial charge in [-0.3, -0.25) is 9.78 Å². The minimum atomic E-state index is -3.17. The molecular weight excluding hydrogens is 288 g/mol. The molecule has 110 valence electrons.